The van der Waals surface area contributed by atoms with Crippen molar-refractivity contribution in [2.75, 3.05) is 13.1 Å². The minimum atomic E-state index is 0.198. The minimum absolute atomic E-state index is 0.198. The summed E-state index contributed by atoms with van der Waals surface area (Å²) < 4.78 is 5.72. The number of rotatable bonds is 3. The summed E-state index contributed by atoms with van der Waals surface area (Å²) in [6, 6.07) is 6.08. The van der Waals surface area contributed by atoms with Gasteiger partial charge in [0.05, 0.1) is 17.1 Å². The quantitative estimate of drug-likeness (QED) is 0.891. The first-order valence-corrected chi connectivity index (χ1v) is 7.09. The third-order valence-corrected chi connectivity index (χ3v) is 3.57. The Kier molecular flexibility index (Phi) is 3.42. The Bertz CT molecular complexity index is 556. The molecule has 1 aliphatic rings. The lowest BCUT2D eigenvalue weighted by Crippen LogP contribution is -2.27. The van der Waals surface area contributed by atoms with Gasteiger partial charge in [-0.3, -0.25) is 0 Å². The van der Waals surface area contributed by atoms with Crippen molar-refractivity contribution in [2.24, 2.45) is 0 Å². The zero-order valence-corrected chi connectivity index (χ0v) is 11.6. The van der Waals surface area contributed by atoms with Crippen LogP contribution in [0.15, 0.2) is 18.2 Å². The second kappa shape index (κ2) is 5.21. The fourth-order valence-corrected chi connectivity index (χ4v) is 2.64. The maximum atomic E-state index is 5.72. The number of aromatic nitrogens is 2. The van der Waals surface area contributed by atoms with Crippen LogP contribution in [0.2, 0.25) is 0 Å². The highest BCUT2D eigenvalue weighted by Crippen LogP contribution is 2.26. The Morgan fingerprint density at radius 1 is 1.26 bits per heavy atom. The molecule has 0 atom stereocenters. The number of H-pyrrole nitrogens is 1. The van der Waals surface area contributed by atoms with Crippen LogP contribution in [0.25, 0.3) is 11.0 Å². The first-order chi connectivity index (χ1) is 9.22. The Morgan fingerprint density at radius 3 is 2.79 bits per heavy atom. The van der Waals surface area contributed by atoms with Gasteiger partial charge in [0.2, 0.25) is 0 Å². The lowest BCUT2D eigenvalue weighted by atomic mass is 9.98. The van der Waals surface area contributed by atoms with E-state index in [9.17, 15) is 0 Å². The maximum absolute atomic E-state index is 5.72. The standard InChI is InChI=1S/C15H21N3O/c1-10(2)19-12-3-4-13-14(9-12)18-15(17-13)11-5-7-16-8-6-11/h3-4,9-11,16H,5-8H2,1-2H3,(H,17,18). The van der Waals surface area contributed by atoms with Gasteiger partial charge in [-0.2, -0.15) is 0 Å². The molecular formula is C15H21N3O. The van der Waals surface area contributed by atoms with Gasteiger partial charge in [0.15, 0.2) is 0 Å². The number of hydrogen-bond acceptors (Lipinski definition) is 3. The van der Waals surface area contributed by atoms with Crippen LogP contribution in [0.5, 0.6) is 5.75 Å². The van der Waals surface area contributed by atoms with Crippen molar-refractivity contribution in [3.63, 3.8) is 0 Å². The van der Waals surface area contributed by atoms with Gasteiger partial charge in [-0.15, -0.1) is 0 Å². The number of aromatic amines is 1. The molecule has 1 saturated heterocycles. The summed E-state index contributed by atoms with van der Waals surface area (Å²) >= 11 is 0. The first kappa shape index (κ1) is 12.5. The normalized spacial score (nSPS) is 17.2. The summed E-state index contributed by atoms with van der Waals surface area (Å²) in [5, 5.41) is 3.39. The summed E-state index contributed by atoms with van der Waals surface area (Å²) in [7, 11) is 0. The Morgan fingerprint density at radius 2 is 2.05 bits per heavy atom. The molecule has 0 unspecified atom stereocenters. The van der Waals surface area contributed by atoms with Gasteiger partial charge >= 0.3 is 0 Å². The molecule has 19 heavy (non-hydrogen) atoms. The molecule has 0 saturated carbocycles. The molecule has 2 aromatic rings. The van der Waals surface area contributed by atoms with E-state index in [4.69, 9.17) is 9.72 Å². The molecular weight excluding hydrogens is 238 g/mol. The fraction of sp³-hybridized carbons (Fsp3) is 0.533. The first-order valence-electron chi connectivity index (χ1n) is 7.09. The minimum Gasteiger partial charge on any atom is -0.491 e. The predicted molar refractivity (Wildman–Crippen MR) is 76.7 cm³/mol. The number of benzene rings is 1. The number of ether oxygens (including phenoxy) is 1. The molecule has 4 heteroatoms. The summed E-state index contributed by atoms with van der Waals surface area (Å²) in [5.41, 5.74) is 2.11. The molecule has 1 aromatic heterocycles. The van der Waals surface area contributed by atoms with Gasteiger partial charge < -0.3 is 15.0 Å². The van der Waals surface area contributed by atoms with Crippen LogP contribution in [0.4, 0.5) is 0 Å². The van der Waals surface area contributed by atoms with E-state index < -0.39 is 0 Å². The molecule has 0 spiro atoms. The average molecular weight is 259 g/mol. The number of piperidine rings is 1. The van der Waals surface area contributed by atoms with Gasteiger partial charge in [-0.05, 0) is 51.9 Å². The van der Waals surface area contributed by atoms with E-state index in [0.29, 0.717) is 5.92 Å². The molecule has 1 aromatic carbocycles. The number of fused-ring (bicyclic) bond motifs is 1. The summed E-state index contributed by atoms with van der Waals surface area (Å²) in [4.78, 5) is 8.18. The monoisotopic (exact) mass is 259 g/mol. The third-order valence-electron chi connectivity index (χ3n) is 3.57. The van der Waals surface area contributed by atoms with Crippen LogP contribution in [0.3, 0.4) is 0 Å². The van der Waals surface area contributed by atoms with Gasteiger partial charge in [0, 0.05) is 12.0 Å². The third kappa shape index (κ3) is 2.73. The highest BCUT2D eigenvalue weighted by molar-refractivity contribution is 5.76. The number of imidazole rings is 1. The van der Waals surface area contributed by atoms with Crippen molar-refractivity contribution < 1.29 is 4.74 Å². The van der Waals surface area contributed by atoms with E-state index in [1.54, 1.807) is 0 Å². The lowest BCUT2D eigenvalue weighted by molar-refractivity contribution is 0.242. The van der Waals surface area contributed by atoms with Crippen LogP contribution in [0.1, 0.15) is 38.4 Å². The van der Waals surface area contributed by atoms with Crippen LogP contribution in [-0.4, -0.2) is 29.2 Å². The van der Waals surface area contributed by atoms with Crippen molar-refractivity contribution in [1.82, 2.24) is 15.3 Å². The van der Waals surface area contributed by atoms with E-state index >= 15 is 0 Å². The molecule has 0 bridgehead atoms. The molecule has 1 aliphatic heterocycles. The highest BCUT2D eigenvalue weighted by atomic mass is 16.5. The second-order valence-electron chi connectivity index (χ2n) is 5.49. The van der Waals surface area contributed by atoms with E-state index in [-0.39, 0.29) is 6.10 Å². The predicted octanol–water partition coefficient (Wildman–Crippen LogP) is 2.82. The van der Waals surface area contributed by atoms with Crippen molar-refractivity contribution in [2.45, 2.75) is 38.7 Å². The molecule has 0 amide bonds. The molecule has 2 heterocycles. The fourth-order valence-electron chi connectivity index (χ4n) is 2.64. The summed E-state index contributed by atoms with van der Waals surface area (Å²) in [6.07, 6.45) is 2.52. The van der Waals surface area contributed by atoms with Gasteiger partial charge in [0.1, 0.15) is 11.6 Å². The van der Waals surface area contributed by atoms with E-state index in [2.05, 4.69) is 10.3 Å². The van der Waals surface area contributed by atoms with Gasteiger partial charge in [-0.25, -0.2) is 4.98 Å². The highest BCUT2D eigenvalue weighted by Gasteiger charge is 2.18. The van der Waals surface area contributed by atoms with Crippen LogP contribution in [-0.2, 0) is 0 Å². The zero-order valence-electron chi connectivity index (χ0n) is 11.6. The maximum Gasteiger partial charge on any atom is 0.121 e. The Balaban J connectivity index is 1.87. The average Bonchev–Trinajstić information content (AvgIpc) is 2.82. The Labute approximate surface area is 113 Å². The SMILES string of the molecule is CC(C)Oc1ccc2nc(C3CCNCC3)[nH]c2c1. The molecule has 0 aliphatic carbocycles. The van der Waals surface area contributed by atoms with Crippen molar-refractivity contribution in [1.29, 1.82) is 0 Å². The molecule has 1 fully saturated rings. The molecule has 2 N–H and O–H groups in total. The molecule has 3 rings (SSSR count). The van der Waals surface area contributed by atoms with E-state index in [1.165, 1.54) is 0 Å². The van der Waals surface area contributed by atoms with Crippen LogP contribution < -0.4 is 10.1 Å². The summed E-state index contributed by atoms with van der Waals surface area (Å²) in [6.45, 7) is 6.25. The zero-order chi connectivity index (χ0) is 13.2. The largest absolute Gasteiger partial charge is 0.491 e. The number of hydrogen-bond donors (Lipinski definition) is 2. The molecule has 0 radical (unpaired) electrons. The van der Waals surface area contributed by atoms with Gasteiger partial charge in [-0.1, -0.05) is 0 Å². The topological polar surface area (TPSA) is 49.9 Å². The van der Waals surface area contributed by atoms with Crippen molar-refractivity contribution in [3.05, 3.63) is 24.0 Å². The summed E-state index contributed by atoms with van der Waals surface area (Å²) in [5.74, 6) is 2.59. The van der Waals surface area contributed by atoms with Gasteiger partial charge in [0.25, 0.3) is 0 Å². The number of nitrogens with one attached hydrogen (secondary N) is 2. The van der Waals surface area contributed by atoms with Crippen LogP contribution in [0, 0.1) is 0 Å². The lowest BCUT2D eigenvalue weighted by Gasteiger charge is -2.20. The smallest absolute Gasteiger partial charge is 0.121 e. The Hall–Kier alpha value is -1.55. The van der Waals surface area contributed by atoms with E-state index in [1.807, 2.05) is 32.0 Å². The second-order valence-corrected chi connectivity index (χ2v) is 5.49. The van der Waals surface area contributed by atoms with E-state index in [0.717, 1.165) is 48.5 Å². The number of nitrogens with zero attached hydrogens (tertiary/aromatic N) is 1. The van der Waals surface area contributed by atoms with Crippen molar-refractivity contribution >= 4 is 11.0 Å². The van der Waals surface area contributed by atoms with Crippen LogP contribution >= 0.6 is 0 Å². The molecule has 4 nitrogen and oxygen atoms in total. The van der Waals surface area contributed by atoms with Crippen molar-refractivity contribution in [3.8, 4) is 5.75 Å². The molecule has 102 valence electrons.